The number of carbonyl (C=O) groups excluding carboxylic acids is 1. The van der Waals surface area contributed by atoms with Gasteiger partial charge < -0.3 is 5.32 Å². The van der Waals surface area contributed by atoms with Gasteiger partial charge in [0.1, 0.15) is 5.82 Å². The van der Waals surface area contributed by atoms with Crippen molar-refractivity contribution >= 4 is 5.91 Å². The summed E-state index contributed by atoms with van der Waals surface area (Å²) in [5, 5.41) is 7.43. The van der Waals surface area contributed by atoms with Crippen LogP contribution in [0, 0.1) is 11.7 Å². The topological polar surface area (TPSA) is 68.9 Å². The Labute approximate surface area is 164 Å². The van der Waals surface area contributed by atoms with Crippen LogP contribution in [-0.4, -0.2) is 26.8 Å². The Bertz CT molecular complexity index is 846. The number of hydrogen-bond donors (Lipinski definition) is 1. The molecule has 0 atom stereocenters. The first-order valence-electron chi connectivity index (χ1n) is 10.3. The molecule has 7 heteroatoms. The molecule has 3 rings (SSSR count). The Hall–Kier alpha value is -2.44. The molecule has 1 aliphatic rings. The van der Waals surface area contributed by atoms with Gasteiger partial charge >= 0.3 is 5.69 Å². The van der Waals surface area contributed by atoms with Crippen molar-refractivity contribution in [1.29, 1.82) is 0 Å². The first kappa shape index (κ1) is 20.3. The summed E-state index contributed by atoms with van der Waals surface area (Å²) >= 11 is 0. The summed E-state index contributed by atoms with van der Waals surface area (Å²) in [5.74, 6) is 0.330. The van der Waals surface area contributed by atoms with Crippen molar-refractivity contribution in [2.24, 2.45) is 5.92 Å². The molecule has 0 radical (unpaired) electrons. The zero-order valence-corrected chi connectivity index (χ0v) is 16.7. The molecule has 0 aliphatic heterocycles. The third-order valence-electron chi connectivity index (χ3n) is 5.15. The van der Waals surface area contributed by atoms with E-state index in [4.69, 9.17) is 0 Å². The molecule has 152 valence electrons. The number of carbonyl (C=O) groups is 1. The van der Waals surface area contributed by atoms with Crippen molar-refractivity contribution in [3.8, 4) is 11.4 Å². The minimum atomic E-state index is -0.320. The van der Waals surface area contributed by atoms with Gasteiger partial charge in [0.2, 0.25) is 5.91 Å². The van der Waals surface area contributed by atoms with Crippen molar-refractivity contribution in [2.45, 2.75) is 65.0 Å². The monoisotopic (exact) mass is 388 g/mol. The number of rotatable bonds is 10. The van der Waals surface area contributed by atoms with E-state index in [2.05, 4.69) is 24.3 Å². The Morgan fingerprint density at radius 3 is 2.43 bits per heavy atom. The van der Waals surface area contributed by atoms with Crippen molar-refractivity contribution in [2.75, 3.05) is 6.54 Å². The molecule has 1 heterocycles. The molecular weight excluding hydrogens is 359 g/mol. The van der Waals surface area contributed by atoms with E-state index >= 15 is 0 Å². The van der Waals surface area contributed by atoms with Gasteiger partial charge in [-0.25, -0.2) is 13.9 Å². The molecule has 1 fully saturated rings. The number of benzene rings is 1. The van der Waals surface area contributed by atoms with Crippen LogP contribution in [0.4, 0.5) is 4.39 Å². The molecular formula is C21H29FN4O2. The molecule has 0 saturated heterocycles. The average Bonchev–Trinajstić information content (AvgIpc) is 3.46. The second kappa shape index (κ2) is 9.17. The third kappa shape index (κ3) is 4.69. The molecule has 1 saturated carbocycles. The Morgan fingerprint density at radius 2 is 1.86 bits per heavy atom. The number of nitrogens with zero attached hydrogens (tertiary/aromatic N) is 3. The van der Waals surface area contributed by atoms with E-state index in [0.717, 1.165) is 44.1 Å². The van der Waals surface area contributed by atoms with E-state index in [0.29, 0.717) is 18.9 Å². The van der Waals surface area contributed by atoms with Crippen LogP contribution in [0.25, 0.3) is 11.4 Å². The molecule has 2 aromatic rings. The van der Waals surface area contributed by atoms with Crippen LogP contribution in [-0.2, 0) is 11.3 Å². The van der Waals surface area contributed by atoms with Gasteiger partial charge in [-0.1, -0.05) is 26.7 Å². The van der Waals surface area contributed by atoms with Crippen molar-refractivity contribution in [3.05, 3.63) is 40.6 Å². The highest BCUT2D eigenvalue weighted by atomic mass is 19.1. The van der Waals surface area contributed by atoms with E-state index in [1.165, 1.54) is 16.8 Å². The highest BCUT2D eigenvalue weighted by Crippen LogP contribution is 2.36. The maximum absolute atomic E-state index is 13.2. The quantitative estimate of drug-likeness (QED) is 0.677. The van der Waals surface area contributed by atoms with Gasteiger partial charge in [-0.15, -0.1) is 5.10 Å². The van der Waals surface area contributed by atoms with Crippen molar-refractivity contribution < 1.29 is 9.18 Å². The fraction of sp³-hybridized carbons (Fsp3) is 0.571. The van der Waals surface area contributed by atoms with Crippen LogP contribution in [0.1, 0.15) is 58.4 Å². The fourth-order valence-corrected chi connectivity index (χ4v) is 3.56. The van der Waals surface area contributed by atoms with E-state index in [-0.39, 0.29) is 29.4 Å². The van der Waals surface area contributed by atoms with Crippen LogP contribution < -0.4 is 11.0 Å². The smallest absolute Gasteiger partial charge is 0.346 e. The average molecular weight is 388 g/mol. The summed E-state index contributed by atoms with van der Waals surface area (Å²) in [7, 11) is 0. The molecule has 0 bridgehead atoms. The molecule has 6 nitrogen and oxygen atoms in total. The maximum Gasteiger partial charge on any atom is 0.346 e. The molecule has 0 spiro atoms. The Kier molecular flexibility index (Phi) is 6.65. The minimum absolute atomic E-state index is 0.0329. The summed E-state index contributed by atoms with van der Waals surface area (Å²) in [6.45, 7) is 4.85. The molecule has 28 heavy (non-hydrogen) atoms. The predicted octanol–water partition coefficient (Wildman–Crippen LogP) is 3.52. The van der Waals surface area contributed by atoms with Crippen molar-refractivity contribution in [3.63, 3.8) is 0 Å². The minimum Gasteiger partial charge on any atom is -0.354 e. The Morgan fingerprint density at radius 1 is 1.21 bits per heavy atom. The number of aromatic nitrogens is 3. The summed E-state index contributed by atoms with van der Waals surface area (Å²) < 4.78 is 16.4. The maximum atomic E-state index is 13.2. The standard InChI is InChI=1S/C21H29FN4O2/c1-3-5-16(6-4-2)20(27)23-13-14-25-21(28)26(18-11-12-18)19(24-25)15-7-9-17(22)10-8-15/h7-10,16,18H,3-6,11-14H2,1-2H3,(H,23,27). The van der Waals surface area contributed by atoms with Gasteiger partial charge in [0.05, 0.1) is 6.54 Å². The molecule has 1 N–H and O–H groups in total. The lowest BCUT2D eigenvalue weighted by Gasteiger charge is -2.14. The lowest BCUT2D eigenvalue weighted by molar-refractivity contribution is -0.125. The van der Waals surface area contributed by atoms with Gasteiger partial charge in [-0.05, 0) is 49.9 Å². The normalized spacial score (nSPS) is 13.9. The number of hydrogen-bond acceptors (Lipinski definition) is 3. The zero-order valence-electron chi connectivity index (χ0n) is 16.7. The second-order valence-corrected chi connectivity index (χ2v) is 7.50. The van der Waals surface area contributed by atoms with Gasteiger partial charge in [-0.2, -0.15) is 0 Å². The van der Waals surface area contributed by atoms with E-state index in [1.54, 1.807) is 16.7 Å². The van der Waals surface area contributed by atoms with E-state index in [1.807, 2.05) is 0 Å². The first-order valence-corrected chi connectivity index (χ1v) is 10.3. The molecule has 1 aromatic carbocycles. The third-order valence-corrected chi connectivity index (χ3v) is 5.15. The number of nitrogens with one attached hydrogen (secondary N) is 1. The fourth-order valence-electron chi connectivity index (χ4n) is 3.56. The van der Waals surface area contributed by atoms with Crippen LogP contribution in [0.5, 0.6) is 0 Å². The van der Waals surface area contributed by atoms with Gasteiger partial charge in [-0.3, -0.25) is 9.36 Å². The van der Waals surface area contributed by atoms with Crippen molar-refractivity contribution in [1.82, 2.24) is 19.7 Å². The first-order chi connectivity index (χ1) is 13.5. The highest BCUT2D eigenvalue weighted by molar-refractivity contribution is 5.78. The molecule has 1 amide bonds. The van der Waals surface area contributed by atoms with Crippen LogP contribution in [0.3, 0.4) is 0 Å². The largest absolute Gasteiger partial charge is 0.354 e. The second-order valence-electron chi connectivity index (χ2n) is 7.50. The van der Waals surface area contributed by atoms with Crippen LogP contribution in [0.15, 0.2) is 29.1 Å². The summed E-state index contributed by atoms with van der Waals surface area (Å²) in [6, 6.07) is 6.19. The van der Waals surface area contributed by atoms with Gasteiger partial charge in [0.25, 0.3) is 0 Å². The van der Waals surface area contributed by atoms with Gasteiger partial charge in [0.15, 0.2) is 5.82 Å². The van der Waals surface area contributed by atoms with Crippen LogP contribution >= 0.6 is 0 Å². The highest BCUT2D eigenvalue weighted by Gasteiger charge is 2.30. The zero-order chi connectivity index (χ0) is 20.1. The van der Waals surface area contributed by atoms with Crippen LogP contribution in [0.2, 0.25) is 0 Å². The molecule has 1 aromatic heterocycles. The number of amides is 1. The predicted molar refractivity (Wildman–Crippen MR) is 106 cm³/mol. The summed E-state index contributed by atoms with van der Waals surface area (Å²) in [6.07, 6.45) is 5.61. The lowest BCUT2D eigenvalue weighted by atomic mass is 9.97. The summed E-state index contributed by atoms with van der Waals surface area (Å²) in [4.78, 5) is 25.2. The lowest BCUT2D eigenvalue weighted by Crippen LogP contribution is -2.35. The number of halogens is 1. The SMILES string of the molecule is CCCC(CCC)C(=O)NCCn1nc(-c2ccc(F)cc2)n(C2CC2)c1=O. The molecule has 0 unspecified atom stereocenters. The van der Waals surface area contributed by atoms with Gasteiger partial charge in [0, 0.05) is 24.1 Å². The van der Waals surface area contributed by atoms with E-state index < -0.39 is 0 Å². The Balaban J connectivity index is 1.71. The molecule has 1 aliphatic carbocycles. The summed E-state index contributed by atoms with van der Waals surface area (Å²) in [5.41, 5.74) is 0.550. The van der Waals surface area contributed by atoms with E-state index in [9.17, 15) is 14.0 Å².